The summed E-state index contributed by atoms with van der Waals surface area (Å²) in [6.45, 7) is 6.90. The van der Waals surface area contributed by atoms with Crippen molar-refractivity contribution in [3.63, 3.8) is 0 Å². The topological polar surface area (TPSA) is 71.5 Å². The van der Waals surface area contributed by atoms with Gasteiger partial charge in [-0.05, 0) is 51.3 Å². The largest absolute Gasteiger partial charge is 0.444 e. The lowest BCUT2D eigenvalue weighted by molar-refractivity contribution is -0.132. The number of hydrogen-bond donors (Lipinski definition) is 1. The van der Waals surface area contributed by atoms with Crippen molar-refractivity contribution >= 4 is 12.0 Å². The highest BCUT2D eigenvalue weighted by Crippen LogP contribution is 2.13. The van der Waals surface area contributed by atoms with Crippen molar-refractivity contribution < 1.29 is 14.3 Å². The van der Waals surface area contributed by atoms with Crippen LogP contribution < -0.4 is 5.32 Å². The first kappa shape index (κ1) is 17.2. The Kier molecular flexibility index (Phi) is 5.58. The molecule has 23 heavy (non-hydrogen) atoms. The Hall–Kier alpha value is -2.11. The predicted octanol–water partition coefficient (Wildman–Crippen LogP) is 2.14. The van der Waals surface area contributed by atoms with Crippen LogP contribution in [0, 0.1) is 0 Å². The van der Waals surface area contributed by atoms with Crippen LogP contribution in [0.4, 0.5) is 4.79 Å². The van der Waals surface area contributed by atoms with E-state index in [1.165, 1.54) is 0 Å². The Morgan fingerprint density at radius 2 is 1.87 bits per heavy atom. The summed E-state index contributed by atoms with van der Waals surface area (Å²) in [6.07, 6.45) is 5.25. The Labute approximate surface area is 137 Å². The number of alkyl carbamates (subject to hydrolysis) is 1. The van der Waals surface area contributed by atoms with Crippen molar-refractivity contribution in [2.75, 3.05) is 13.1 Å². The molecule has 0 spiro atoms. The molecule has 2 heterocycles. The molecule has 0 bridgehead atoms. The van der Waals surface area contributed by atoms with Crippen LogP contribution in [-0.4, -0.2) is 46.6 Å². The molecule has 1 atom stereocenters. The van der Waals surface area contributed by atoms with Gasteiger partial charge in [0, 0.05) is 31.9 Å². The van der Waals surface area contributed by atoms with Crippen LogP contribution in [0.1, 0.15) is 39.2 Å². The van der Waals surface area contributed by atoms with Crippen molar-refractivity contribution in [3.8, 4) is 0 Å². The molecule has 1 aliphatic heterocycles. The normalized spacial score (nSPS) is 16.0. The van der Waals surface area contributed by atoms with E-state index in [1.54, 1.807) is 33.2 Å². The second-order valence-corrected chi connectivity index (χ2v) is 6.79. The lowest BCUT2D eigenvalue weighted by atomic mass is 10.1. The summed E-state index contributed by atoms with van der Waals surface area (Å²) < 4.78 is 5.29. The van der Waals surface area contributed by atoms with Gasteiger partial charge in [0.1, 0.15) is 11.6 Å². The Bertz CT molecular complexity index is 534. The molecule has 126 valence electrons. The molecular formula is C17H25N3O3. The Morgan fingerprint density at radius 1 is 1.26 bits per heavy atom. The summed E-state index contributed by atoms with van der Waals surface area (Å²) in [7, 11) is 0. The third-order valence-corrected chi connectivity index (χ3v) is 3.60. The molecule has 0 radical (unpaired) electrons. The maximum Gasteiger partial charge on any atom is 0.408 e. The average Bonchev–Trinajstić information content (AvgIpc) is 2.99. The molecule has 1 saturated heterocycles. The lowest BCUT2D eigenvalue weighted by Crippen LogP contribution is -2.50. The third kappa shape index (κ3) is 5.54. The smallest absolute Gasteiger partial charge is 0.408 e. The minimum Gasteiger partial charge on any atom is -0.444 e. The van der Waals surface area contributed by atoms with E-state index in [1.807, 2.05) is 17.0 Å². The molecular weight excluding hydrogens is 294 g/mol. The Balaban J connectivity index is 2.07. The van der Waals surface area contributed by atoms with Crippen LogP contribution in [-0.2, 0) is 16.0 Å². The second-order valence-electron chi connectivity index (χ2n) is 6.79. The lowest BCUT2D eigenvalue weighted by Gasteiger charge is -2.26. The number of carbonyl (C=O) groups is 2. The van der Waals surface area contributed by atoms with E-state index in [0.29, 0.717) is 6.42 Å². The molecule has 6 nitrogen and oxygen atoms in total. The maximum absolute atomic E-state index is 12.7. The molecule has 0 unspecified atom stereocenters. The van der Waals surface area contributed by atoms with Crippen LogP contribution in [0.15, 0.2) is 24.5 Å². The fourth-order valence-corrected chi connectivity index (χ4v) is 2.56. The van der Waals surface area contributed by atoms with Gasteiger partial charge in [0.25, 0.3) is 0 Å². The van der Waals surface area contributed by atoms with E-state index < -0.39 is 17.7 Å². The second kappa shape index (κ2) is 7.44. The summed E-state index contributed by atoms with van der Waals surface area (Å²) in [5.74, 6) is -0.0508. The monoisotopic (exact) mass is 319 g/mol. The molecule has 1 fully saturated rings. The fraction of sp³-hybridized carbons (Fsp3) is 0.588. The molecule has 2 rings (SSSR count). The average molecular weight is 319 g/mol. The van der Waals surface area contributed by atoms with Crippen LogP contribution in [0.2, 0.25) is 0 Å². The Morgan fingerprint density at radius 3 is 2.43 bits per heavy atom. The summed E-state index contributed by atoms with van der Waals surface area (Å²) >= 11 is 0. The van der Waals surface area contributed by atoms with Crippen molar-refractivity contribution in [1.29, 1.82) is 0 Å². The zero-order chi connectivity index (χ0) is 16.9. The van der Waals surface area contributed by atoms with Crippen molar-refractivity contribution in [3.05, 3.63) is 30.1 Å². The first-order valence-corrected chi connectivity index (χ1v) is 8.02. The summed E-state index contributed by atoms with van der Waals surface area (Å²) in [5, 5.41) is 2.73. The van der Waals surface area contributed by atoms with E-state index in [2.05, 4.69) is 10.3 Å². The molecule has 1 aromatic heterocycles. The zero-order valence-corrected chi connectivity index (χ0v) is 14.0. The van der Waals surface area contributed by atoms with Crippen LogP contribution in [0.5, 0.6) is 0 Å². The highest BCUT2D eigenvalue weighted by molar-refractivity contribution is 5.86. The number of nitrogens with zero attached hydrogens (tertiary/aromatic N) is 2. The zero-order valence-electron chi connectivity index (χ0n) is 14.0. The van der Waals surface area contributed by atoms with Gasteiger partial charge in [-0.1, -0.05) is 0 Å². The van der Waals surface area contributed by atoms with E-state index in [0.717, 1.165) is 31.5 Å². The van der Waals surface area contributed by atoms with E-state index in [-0.39, 0.29) is 5.91 Å². The van der Waals surface area contributed by atoms with Gasteiger partial charge in [-0.25, -0.2) is 4.79 Å². The molecule has 1 N–H and O–H groups in total. The first-order chi connectivity index (χ1) is 10.8. The molecule has 0 aromatic carbocycles. The van der Waals surface area contributed by atoms with E-state index in [9.17, 15) is 9.59 Å². The predicted molar refractivity (Wildman–Crippen MR) is 86.9 cm³/mol. The molecule has 6 heteroatoms. The quantitative estimate of drug-likeness (QED) is 0.923. The number of ether oxygens (including phenoxy) is 1. The van der Waals surface area contributed by atoms with Crippen molar-refractivity contribution in [1.82, 2.24) is 15.2 Å². The number of amides is 2. The number of carbonyl (C=O) groups excluding carboxylic acids is 2. The van der Waals surface area contributed by atoms with E-state index >= 15 is 0 Å². The van der Waals surface area contributed by atoms with Gasteiger partial charge < -0.3 is 15.0 Å². The highest BCUT2D eigenvalue weighted by Gasteiger charge is 2.29. The van der Waals surface area contributed by atoms with Crippen LogP contribution in [0.25, 0.3) is 0 Å². The van der Waals surface area contributed by atoms with Gasteiger partial charge in [0.05, 0.1) is 0 Å². The SMILES string of the molecule is CC(C)(C)OC(=O)N[C@H](Cc1ccncc1)C(=O)N1CCCC1. The standard InChI is InChI=1S/C17H25N3O3/c1-17(2,3)23-16(22)19-14(12-13-6-8-18-9-7-13)15(21)20-10-4-5-11-20/h6-9,14H,4-5,10-12H2,1-3H3,(H,19,22)/t14-/m1/s1. The first-order valence-electron chi connectivity index (χ1n) is 8.02. The number of nitrogens with one attached hydrogen (secondary N) is 1. The van der Waals surface area contributed by atoms with Gasteiger partial charge in [-0.2, -0.15) is 0 Å². The minimum absolute atomic E-state index is 0.0508. The van der Waals surface area contributed by atoms with Crippen LogP contribution in [0.3, 0.4) is 0 Å². The van der Waals surface area contributed by atoms with Crippen LogP contribution >= 0.6 is 0 Å². The number of likely N-dealkylation sites (tertiary alicyclic amines) is 1. The van der Waals surface area contributed by atoms with E-state index in [4.69, 9.17) is 4.74 Å². The number of rotatable bonds is 4. The summed E-state index contributed by atoms with van der Waals surface area (Å²) in [6, 6.07) is 3.08. The highest BCUT2D eigenvalue weighted by atomic mass is 16.6. The minimum atomic E-state index is -0.620. The molecule has 2 amide bonds. The molecule has 0 saturated carbocycles. The third-order valence-electron chi connectivity index (χ3n) is 3.60. The number of pyridine rings is 1. The fourth-order valence-electron chi connectivity index (χ4n) is 2.56. The molecule has 1 aliphatic rings. The van der Waals surface area contributed by atoms with Gasteiger partial charge in [0.15, 0.2) is 0 Å². The van der Waals surface area contributed by atoms with Gasteiger partial charge in [-0.15, -0.1) is 0 Å². The molecule has 1 aromatic rings. The summed E-state index contributed by atoms with van der Waals surface area (Å²) in [5.41, 5.74) is 0.357. The van der Waals surface area contributed by atoms with Crippen molar-refractivity contribution in [2.45, 2.75) is 51.7 Å². The van der Waals surface area contributed by atoms with Gasteiger partial charge in [0.2, 0.25) is 5.91 Å². The van der Waals surface area contributed by atoms with Gasteiger partial charge >= 0.3 is 6.09 Å². The number of aromatic nitrogens is 1. The summed E-state index contributed by atoms with van der Waals surface area (Å²) in [4.78, 5) is 30.5. The maximum atomic E-state index is 12.7. The van der Waals surface area contributed by atoms with Crippen molar-refractivity contribution in [2.24, 2.45) is 0 Å². The number of hydrogen-bond acceptors (Lipinski definition) is 4. The molecule has 0 aliphatic carbocycles. The van der Waals surface area contributed by atoms with Gasteiger partial charge in [-0.3, -0.25) is 9.78 Å².